The summed E-state index contributed by atoms with van der Waals surface area (Å²) in [5, 5.41) is 10.7. The zero-order chi connectivity index (χ0) is 14.0. The summed E-state index contributed by atoms with van der Waals surface area (Å²) in [6, 6.07) is 2.25. The summed E-state index contributed by atoms with van der Waals surface area (Å²) < 4.78 is 5.31. The van der Waals surface area contributed by atoms with Gasteiger partial charge in [0.1, 0.15) is 0 Å². The van der Waals surface area contributed by atoms with Crippen LogP contribution in [0.5, 0.6) is 11.6 Å². The highest BCUT2D eigenvalue weighted by molar-refractivity contribution is 6.37. The zero-order valence-electron chi connectivity index (χ0n) is 9.01. The van der Waals surface area contributed by atoms with Crippen molar-refractivity contribution in [3.8, 4) is 11.6 Å². The molecule has 1 aromatic heterocycles. The smallest absolute Gasteiger partial charge is 0.272 e. The zero-order valence-corrected chi connectivity index (χ0v) is 11.3. The van der Waals surface area contributed by atoms with Crippen LogP contribution < -0.4 is 4.74 Å². The van der Waals surface area contributed by atoms with Crippen LogP contribution in [0.2, 0.25) is 15.2 Å². The second-order valence-corrected chi connectivity index (χ2v) is 4.48. The number of benzene rings is 1. The van der Waals surface area contributed by atoms with Gasteiger partial charge in [0.25, 0.3) is 5.69 Å². The van der Waals surface area contributed by atoms with Crippen LogP contribution in [-0.2, 0) is 0 Å². The first-order valence-corrected chi connectivity index (χ1v) is 5.89. The average Bonchev–Trinajstić information content (AvgIpc) is 2.33. The molecule has 2 aromatic rings. The first kappa shape index (κ1) is 13.8. The molecular formula is C10H4Cl3N3O3. The van der Waals surface area contributed by atoms with Crippen molar-refractivity contribution in [3.05, 3.63) is 49.8 Å². The number of nitro benzene ring substituents is 1. The molecule has 0 N–H and O–H groups in total. The maximum Gasteiger partial charge on any atom is 0.272 e. The van der Waals surface area contributed by atoms with Crippen molar-refractivity contribution in [3.63, 3.8) is 0 Å². The summed E-state index contributed by atoms with van der Waals surface area (Å²) in [4.78, 5) is 17.6. The van der Waals surface area contributed by atoms with Crippen LogP contribution in [0.4, 0.5) is 5.69 Å². The van der Waals surface area contributed by atoms with Gasteiger partial charge in [-0.25, -0.2) is 0 Å². The van der Waals surface area contributed by atoms with Crippen LogP contribution in [0, 0.1) is 10.1 Å². The maximum absolute atomic E-state index is 10.6. The van der Waals surface area contributed by atoms with Gasteiger partial charge in [0.2, 0.25) is 5.88 Å². The number of ether oxygens (including phenoxy) is 1. The van der Waals surface area contributed by atoms with E-state index >= 15 is 0 Å². The fraction of sp³-hybridized carbons (Fsp3) is 0. The van der Waals surface area contributed by atoms with Crippen LogP contribution >= 0.6 is 34.8 Å². The van der Waals surface area contributed by atoms with Gasteiger partial charge in [-0.1, -0.05) is 34.8 Å². The average molecular weight is 321 g/mol. The number of halogens is 3. The Bertz CT molecular complexity index is 628. The minimum absolute atomic E-state index is 0.0130. The molecule has 0 aliphatic carbocycles. The van der Waals surface area contributed by atoms with E-state index in [0.717, 1.165) is 12.1 Å². The molecule has 0 aliphatic rings. The largest absolute Gasteiger partial charge is 0.434 e. The first-order valence-electron chi connectivity index (χ1n) is 4.76. The Kier molecular flexibility index (Phi) is 4.04. The Morgan fingerprint density at radius 1 is 1.16 bits per heavy atom. The molecule has 0 aliphatic heterocycles. The molecule has 2 rings (SSSR count). The van der Waals surface area contributed by atoms with Crippen molar-refractivity contribution in [1.82, 2.24) is 9.97 Å². The summed E-state index contributed by atoms with van der Waals surface area (Å²) in [7, 11) is 0. The molecule has 9 heteroatoms. The van der Waals surface area contributed by atoms with Gasteiger partial charge < -0.3 is 4.74 Å². The van der Waals surface area contributed by atoms with Gasteiger partial charge >= 0.3 is 0 Å². The minimum atomic E-state index is -0.610. The van der Waals surface area contributed by atoms with Crippen LogP contribution in [0.25, 0.3) is 0 Å². The number of nitro groups is 1. The Balaban J connectivity index is 2.38. The normalized spacial score (nSPS) is 10.3. The number of hydrogen-bond acceptors (Lipinski definition) is 5. The minimum Gasteiger partial charge on any atom is -0.434 e. The molecule has 0 amide bonds. The van der Waals surface area contributed by atoms with Crippen molar-refractivity contribution in [2.75, 3.05) is 0 Å². The molecule has 0 bridgehead atoms. The lowest BCUT2D eigenvalue weighted by atomic mass is 10.3. The van der Waals surface area contributed by atoms with E-state index < -0.39 is 4.92 Å². The highest BCUT2D eigenvalue weighted by atomic mass is 35.5. The quantitative estimate of drug-likeness (QED) is 0.627. The number of hydrogen-bond donors (Lipinski definition) is 0. The number of nitrogens with zero attached hydrogens (tertiary/aromatic N) is 3. The predicted molar refractivity (Wildman–Crippen MR) is 70.2 cm³/mol. The van der Waals surface area contributed by atoms with Gasteiger partial charge in [-0.05, 0) is 0 Å². The van der Waals surface area contributed by atoms with E-state index in [4.69, 9.17) is 39.5 Å². The van der Waals surface area contributed by atoms with E-state index in [-0.39, 0.29) is 32.5 Å². The van der Waals surface area contributed by atoms with Crippen LogP contribution in [0.1, 0.15) is 0 Å². The molecule has 6 nitrogen and oxygen atoms in total. The van der Waals surface area contributed by atoms with E-state index in [1.54, 1.807) is 0 Å². The molecule has 0 radical (unpaired) electrons. The first-order chi connectivity index (χ1) is 8.97. The van der Waals surface area contributed by atoms with E-state index in [1.807, 2.05) is 0 Å². The highest BCUT2D eigenvalue weighted by Crippen LogP contribution is 2.38. The molecule has 0 atom stereocenters. The van der Waals surface area contributed by atoms with Crippen LogP contribution in [0.15, 0.2) is 24.5 Å². The number of aromatic nitrogens is 2. The Morgan fingerprint density at radius 2 is 1.79 bits per heavy atom. The van der Waals surface area contributed by atoms with Crippen LogP contribution in [0.3, 0.4) is 0 Å². The molecule has 0 spiro atoms. The molecule has 98 valence electrons. The third-order valence-corrected chi connectivity index (χ3v) is 2.73. The second kappa shape index (κ2) is 5.56. The third kappa shape index (κ3) is 3.23. The molecule has 1 heterocycles. The molecule has 1 aromatic carbocycles. The van der Waals surface area contributed by atoms with Crippen LogP contribution in [-0.4, -0.2) is 14.9 Å². The highest BCUT2D eigenvalue weighted by Gasteiger charge is 2.17. The summed E-state index contributed by atoms with van der Waals surface area (Å²) in [5.41, 5.74) is -0.237. The monoisotopic (exact) mass is 319 g/mol. The molecule has 0 saturated carbocycles. The second-order valence-electron chi connectivity index (χ2n) is 3.28. The van der Waals surface area contributed by atoms with Gasteiger partial charge in [0.15, 0.2) is 10.9 Å². The predicted octanol–water partition coefficient (Wildman–Crippen LogP) is 4.14. The standard InChI is InChI=1S/C10H4Cl3N3O3/c11-6-1-5(16(17)18)2-7(12)10(6)19-9-4-14-3-8(13)15-9/h1-4H. The van der Waals surface area contributed by atoms with Crippen molar-refractivity contribution in [2.45, 2.75) is 0 Å². The van der Waals surface area contributed by atoms with Crippen molar-refractivity contribution in [1.29, 1.82) is 0 Å². The fourth-order valence-electron chi connectivity index (χ4n) is 1.23. The maximum atomic E-state index is 10.6. The van der Waals surface area contributed by atoms with E-state index in [2.05, 4.69) is 9.97 Å². The Hall–Kier alpha value is -1.63. The molecular weight excluding hydrogens is 316 g/mol. The van der Waals surface area contributed by atoms with Gasteiger partial charge in [-0.2, -0.15) is 4.98 Å². The number of rotatable bonds is 3. The van der Waals surface area contributed by atoms with E-state index in [9.17, 15) is 10.1 Å². The van der Waals surface area contributed by atoms with Crippen molar-refractivity contribution in [2.24, 2.45) is 0 Å². The summed E-state index contributed by atoms with van der Waals surface area (Å²) in [6.45, 7) is 0. The molecule has 19 heavy (non-hydrogen) atoms. The molecule has 0 fully saturated rings. The van der Waals surface area contributed by atoms with Gasteiger partial charge in [-0.15, -0.1) is 0 Å². The van der Waals surface area contributed by atoms with E-state index in [1.165, 1.54) is 12.4 Å². The topological polar surface area (TPSA) is 78.2 Å². The lowest BCUT2D eigenvalue weighted by Crippen LogP contribution is -1.93. The Morgan fingerprint density at radius 3 is 2.32 bits per heavy atom. The van der Waals surface area contributed by atoms with Crippen molar-refractivity contribution < 1.29 is 9.66 Å². The molecule has 0 saturated heterocycles. The summed E-state index contributed by atoms with van der Waals surface area (Å²) >= 11 is 17.4. The van der Waals surface area contributed by atoms with Crippen molar-refractivity contribution >= 4 is 40.5 Å². The Labute approximate surface area is 122 Å². The van der Waals surface area contributed by atoms with Gasteiger partial charge in [0.05, 0.1) is 27.4 Å². The SMILES string of the molecule is O=[N+]([O-])c1cc(Cl)c(Oc2cncc(Cl)n2)c(Cl)c1. The summed E-state index contributed by atoms with van der Waals surface area (Å²) in [5.74, 6) is 0.121. The van der Waals surface area contributed by atoms with Gasteiger partial charge in [-0.3, -0.25) is 15.1 Å². The van der Waals surface area contributed by atoms with E-state index in [0.29, 0.717) is 0 Å². The molecule has 0 unspecified atom stereocenters. The van der Waals surface area contributed by atoms with Gasteiger partial charge in [0, 0.05) is 12.1 Å². The lowest BCUT2D eigenvalue weighted by molar-refractivity contribution is -0.384. The number of non-ortho nitro benzene ring substituents is 1. The summed E-state index contributed by atoms with van der Waals surface area (Å²) in [6.07, 6.45) is 2.63. The lowest BCUT2D eigenvalue weighted by Gasteiger charge is -2.08. The fourth-order valence-corrected chi connectivity index (χ4v) is 1.92. The third-order valence-electron chi connectivity index (χ3n) is 1.98.